The summed E-state index contributed by atoms with van der Waals surface area (Å²) in [5, 5.41) is 0. The van der Waals surface area contributed by atoms with Gasteiger partial charge in [0.25, 0.3) is 0 Å². The molecule has 2 aromatic carbocycles. The molecule has 0 aromatic heterocycles. The maximum Gasteiger partial charge on any atom is 0.232 e. The van der Waals surface area contributed by atoms with Crippen LogP contribution in [0.1, 0.15) is 16.7 Å². The average Bonchev–Trinajstić information content (AvgIpc) is 2.49. The summed E-state index contributed by atoms with van der Waals surface area (Å²) in [4.78, 5) is 13.7. The van der Waals surface area contributed by atoms with Crippen LogP contribution in [0, 0.1) is 12.7 Å². The molecule has 0 aliphatic rings. The molecule has 22 heavy (non-hydrogen) atoms. The van der Waals surface area contributed by atoms with Gasteiger partial charge >= 0.3 is 0 Å². The van der Waals surface area contributed by atoms with Crippen molar-refractivity contribution in [3.8, 4) is 0 Å². The molecule has 0 radical (unpaired) electrons. The van der Waals surface area contributed by atoms with Gasteiger partial charge in [-0.1, -0.05) is 48.0 Å². The predicted octanol–water partition coefficient (Wildman–Crippen LogP) is 4.03. The monoisotopic (exact) mass is 317 g/mol. The summed E-state index contributed by atoms with van der Waals surface area (Å²) in [6, 6.07) is 14.8. The molecule has 2 rings (SSSR count). The Morgan fingerprint density at radius 3 is 2.68 bits per heavy atom. The number of carbonyl (C=O) groups is 1. The maximum atomic E-state index is 13.6. The fourth-order valence-electron chi connectivity index (χ4n) is 2.14. The Morgan fingerprint density at radius 1 is 1.18 bits per heavy atom. The highest BCUT2D eigenvalue weighted by Gasteiger charge is 2.11. The van der Waals surface area contributed by atoms with E-state index in [0.717, 1.165) is 5.75 Å². The highest BCUT2D eigenvalue weighted by molar-refractivity contribution is 7.99. The second-order valence-corrected chi connectivity index (χ2v) is 6.31. The summed E-state index contributed by atoms with van der Waals surface area (Å²) in [6.45, 7) is 2.36. The third-order valence-corrected chi connectivity index (χ3v) is 4.36. The number of hydrogen-bond donors (Lipinski definition) is 0. The maximum absolute atomic E-state index is 13.6. The summed E-state index contributed by atoms with van der Waals surface area (Å²) >= 11 is 1.58. The van der Waals surface area contributed by atoms with Crippen LogP contribution in [-0.4, -0.2) is 23.6 Å². The van der Waals surface area contributed by atoms with Crippen molar-refractivity contribution in [2.24, 2.45) is 0 Å². The number of thioether (sulfide) groups is 1. The standard InChI is InChI=1S/C18H20FNOS/c1-14-6-5-7-15(10-14)12-22-13-18(21)20(2)11-16-8-3-4-9-17(16)19/h3-10H,11-13H2,1-2H3. The van der Waals surface area contributed by atoms with Crippen LogP contribution in [0.2, 0.25) is 0 Å². The van der Waals surface area contributed by atoms with Crippen LogP contribution >= 0.6 is 11.8 Å². The van der Waals surface area contributed by atoms with E-state index >= 15 is 0 Å². The second kappa shape index (κ2) is 7.99. The zero-order valence-electron chi connectivity index (χ0n) is 12.9. The molecule has 2 aromatic rings. The van der Waals surface area contributed by atoms with Crippen LogP contribution in [-0.2, 0) is 17.1 Å². The summed E-state index contributed by atoms with van der Waals surface area (Å²) < 4.78 is 13.6. The van der Waals surface area contributed by atoms with Gasteiger partial charge in [-0.2, -0.15) is 0 Å². The molecular formula is C18H20FNOS. The van der Waals surface area contributed by atoms with Crippen molar-refractivity contribution in [2.75, 3.05) is 12.8 Å². The van der Waals surface area contributed by atoms with Crippen molar-refractivity contribution in [2.45, 2.75) is 19.2 Å². The third kappa shape index (κ3) is 4.88. The van der Waals surface area contributed by atoms with E-state index in [9.17, 15) is 9.18 Å². The second-order valence-electron chi connectivity index (χ2n) is 5.32. The van der Waals surface area contributed by atoms with Crippen LogP contribution in [0.4, 0.5) is 4.39 Å². The Morgan fingerprint density at radius 2 is 1.95 bits per heavy atom. The van der Waals surface area contributed by atoms with Crippen molar-refractivity contribution in [1.82, 2.24) is 4.90 Å². The number of amides is 1. The van der Waals surface area contributed by atoms with Gasteiger partial charge in [0.1, 0.15) is 5.82 Å². The molecule has 0 heterocycles. The first kappa shape index (κ1) is 16.6. The van der Waals surface area contributed by atoms with Gasteiger partial charge in [0.2, 0.25) is 5.91 Å². The molecule has 0 fully saturated rings. The molecular weight excluding hydrogens is 297 g/mol. The number of nitrogens with zero attached hydrogens (tertiary/aromatic N) is 1. The van der Waals surface area contributed by atoms with Crippen LogP contribution in [0.3, 0.4) is 0 Å². The van der Waals surface area contributed by atoms with Gasteiger partial charge in [-0.25, -0.2) is 4.39 Å². The van der Waals surface area contributed by atoms with Gasteiger partial charge in [0.15, 0.2) is 0 Å². The molecule has 2 nitrogen and oxygen atoms in total. The van der Waals surface area contributed by atoms with Crippen LogP contribution < -0.4 is 0 Å². The molecule has 116 valence electrons. The Kier molecular flexibility index (Phi) is 6.01. The van der Waals surface area contributed by atoms with Crippen molar-refractivity contribution in [3.05, 3.63) is 71.0 Å². The normalized spacial score (nSPS) is 10.5. The zero-order chi connectivity index (χ0) is 15.9. The first-order valence-electron chi connectivity index (χ1n) is 7.17. The van der Waals surface area contributed by atoms with E-state index in [4.69, 9.17) is 0 Å². The highest BCUT2D eigenvalue weighted by atomic mass is 32.2. The van der Waals surface area contributed by atoms with E-state index in [1.165, 1.54) is 17.2 Å². The number of aryl methyl sites for hydroxylation is 1. The van der Waals surface area contributed by atoms with Crippen molar-refractivity contribution in [1.29, 1.82) is 0 Å². The molecule has 0 atom stereocenters. The van der Waals surface area contributed by atoms with Crippen LogP contribution in [0.25, 0.3) is 0 Å². The predicted molar refractivity (Wildman–Crippen MR) is 90.2 cm³/mol. The van der Waals surface area contributed by atoms with E-state index in [-0.39, 0.29) is 11.7 Å². The van der Waals surface area contributed by atoms with Gasteiger partial charge in [0, 0.05) is 24.9 Å². The quantitative estimate of drug-likeness (QED) is 0.802. The van der Waals surface area contributed by atoms with Gasteiger partial charge < -0.3 is 4.90 Å². The van der Waals surface area contributed by atoms with Gasteiger partial charge in [-0.15, -0.1) is 11.8 Å². The Bertz CT molecular complexity index is 644. The summed E-state index contributed by atoms with van der Waals surface area (Å²) in [6.07, 6.45) is 0. The van der Waals surface area contributed by atoms with Crippen LogP contribution in [0.5, 0.6) is 0 Å². The summed E-state index contributed by atoms with van der Waals surface area (Å²) in [5.74, 6) is 0.954. The van der Waals surface area contributed by atoms with Crippen LogP contribution in [0.15, 0.2) is 48.5 Å². The van der Waals surface area contributed by atoms with E-state index in [0.29, 0.717) is 17.9 Å². The van der Waals surface area contributed by atoms with Gasteiger partial charge in [0.05, 0.1) is 5.75 Å². The molecule has 0 bridgehead atoms. The molecule has 0 saturated carbocycles. The van der Waals surface area contributed by atoms with Crippen molar-refractivity contribution < 1.29 is 9.18 Å². The molecule has 1 amide bonds. The highest BCUT2D eigenvalue weighted by Crippen LogP contribution is 2.15. The van der Waals surface area contributed by atoms with Crippen molar-refractivity contribution in [3.63, 3.8) is 0 Å². The average molecular weight is 317 g/mol. The third-order valence-electron chi connectivity index (χ3n) is 3.37. The van der Waals surface area contributed by atoms with Crippen molar-refractivity contribution >= 4 is 17.7 Å². The minimum Gasteiger partial charge on any atom is -0.341 e. The summed E-state index contributed by atoms with van der Waals surface area (Å²) in [7, 11) is 1.71. The SMILES string of the molecule is Cc1cccc(CSCC(=O)N(C)Cc2ccccc2F)c1. The number of carbonyl (C=O) groups excluding carboxylic acids is 1. The molecule has 4 heteroatoms. The van der Waals surface area contributed by atoms with E-state index in [1.54, 1.807) is 41.9 Å². The lowest BCUT2D eigenvalue weighted by molar-refractivity contribution is -0.127. The number of halogens is 1. The lowest BCUT2D eigenvalue weighted by Gasteiger charge is -2.17. The number of rotatable bonds is 6. The van der Waals surface area contributed by atoms with Gasteiger partial charge in [-0.3, -0.25) is 4.79 Å². The minimum atomic E-state index is -0.269. The Labute approximate surface area is 135 Å². The Hall–Kier alpha value is -1.81. The lowest BCUT2D eigenvalue weighted by Crippen LogP contribution is -2.28. The molecule has 0 saturated heterocycles. The smallest absolute Gasteiger partial charge is 0.232 e. The summed E-state index contributed by atoms with van der Waals surface area (Å²) in [5.41, 5.74) is 2.98. The molecule has 0 unspecified atom stereocenters. The first-order valence-corrected chi connectivity index (χ1v) is 8.32. The topological polar surface area (TPSA) is 20.3 Å². The van der Waals surface area contributed by atoms with Gasteiger partial charge in [-0.05, 0) is 18.6 Å². The zero-order valence-corrected chi connectivity index (χ0v) is 13.7. The molecule has 0 spiro atoms. The fraction of sp³-hybridized carbons (Fsp3) is 0.278. The molecule has 0 N–H and O–H groups in total. The van der Waals surface area contributed by atoms with E-state index in [1.807, 2.05) is 6.07 Å². The first-order chi connectivity index (χ1) is 10.6. The largest absolute Gasteiger partial charge is 0.341 e. The molecule has 0 aliphatic heterocycles. The van der Waals surface area contributed by atoms with E-state index < -0.39 is 0 Å². The number of hydrogen-bond acceptors (Lipinski definition) is 2. The fourth-order valence-corrected chi connectivity index (χ4v) is 3.05. The minimum absolute atomic E-state index is 0.0147. The number of benzene rings is 2. The molecule has 0 aliphatic carbocycles. The lowest BCUT2D eigenvalue weighted by atomic mass is 10.2. The van der Waals surface area contributed by atoms with E-state index in [2.05, 4.69) is 25.1 Å². The Balaban J connectivity index is 1.80.